The molecular weight excluding hydrogens is 250 g/mol. The number of benzene rings is 1. The molecule has 0 atom stereocenters. The van der Waals surface area contributed by atoms with Gasteiger partial charge in [0.25, 0.3) is 5.91 Å². The van der Waals surface area contributed by atoms with E-state index in [1.807, 2.05) is 6.07 Å². The number of rotatable bonds is 2. The monoisotopic (exact) mass is 261 g/mol. The first kappa shape index (κ1) is 12.4. The van der Waals surface area contributed by atoms with E-state index in [0.29, 0.717) is 22.1 Å². The number of amides is 1. The van der Waals surface area contributed by atoms with E-state index in [-0.39, 0.29) is 5.91 Å². The summed E-state index contributed by atoms with van der Waals surface area (Å²) in [6.45, 7) is 0. The van der Waals surface area contributed by atoms with Crippen molar-refractivity contribution in [1.29, 1.82) is 0 Å². The lowest BCUT2D eigenvalue weighted by Crippen LogP contribution is -2.28. The molecule has 1 aromatic carbocycles. The van der Waals surface area contributed by atoms with E-state index in [2.05, 4.69) is 4.98 Å². The first-order valence-electron chi connectivity index (χ1n) is 5.34. The molecule has 1 heterocycles. The summed E-state index contributed by atoms with van der Waals surface area (Å²) < 4.78 is 0. The summed E-state index contributed by atoms with van der Waals surface area (Å²) in [5, 5.41) is 0.336. The standard InChI is InChI=1S/C13H12ClN3O/c1-17(11-7-2-3-8-16-11)13(18)12-9(14)5-4-6-10(12)15/h2-8H,15H2,1H3. The van der Waals surface area contributed by atoms with Crippen LogP contribution in [0.1, 0.15) is 10.4 Å². The maximum absolute atomic E-state index is 12.3. The smallest absolute Gasteiger partial charge is 0.262 e. The number of hydrogen-bond donors (Lipinski definition) is 1. The van der Waals surface area contributed by atoms with Crippen LogP contribution in [0.2, 0.25) is 5.02 Å². The minimum absolute atomic E-state index is 0.281. The molecule has 2 rings (SSSR count). The number of pyridine rings is 1. The van der Waals surface area contributed by atoms with Gasteiger partial charge < -0.3 is 5.73 Å². The van der Waals surface area contributed by atoms with Crippen LogP contribution >= 0.6 is 11.6 Å². The molecule has 0 spiro atoms. The lowest BCUT2D eigenvalue weighted by atomic mass is 10.1. The predicted molar refractivity (Wildman–Crippen MR) is 72.8 cm³/mol. The van der Waals surface area contributed by atoms with Crippen LogP contribution in [0.3, 0.4) is 0 Å². The fourth-order valence-electron chi connectivity index (χ4n) is 1.59. The predicted octanol–water partition coefficient (Wildman–Crippen LogP) is 2.59. The highest BCUT2D eigenvalue weighted by Crippen LogP contribution is 2.24. The maximum atomic E-state index is 12.3. The fourth-order valence-corrected chi connectivity index (χ4v) is 1.85. The molecule has 92 valence electrons. The normalized spacial score (nSPS) is 10.1. The van der Waals surface area contributed by atoms with Gasteiger partial charge in [-0.25, -0.2) is 4.98 Å². The number of nitrogens with zero attached hydrogens (tertiary/aromatic N) is 2. The molecule has 1 aromatic heterocycles. The van der Waals surface area contributed by atoms with Gasteiger partial charge in [0, 0.05) is 18.9 Å². The molecule has 18 heavy (non-hydrogen) atoms. The Morgan fingerprint density at radius 3 is 2.67 bits per heavy atom. The van der Waals surface area contributed by atoms with E-state index in [4.69, 9.17) is 17.3 Å². The molecule has 0 aliphatic heterocycles. The van der Waals surface area contributed by atoms with Crippen molar-refractivity contribution in [2.45, 2.75) is 0 Å². The lowest BCUT2D eigenvalue weighted by Gasteiger charge is -2.17. The van der Waals surface area contributed by atoms with Crippen LogP contribution in [0.5, 0.6) is 0 Å². The molecule has 2 aromatic rings. The second-order valence-corrected chi connectivity index (χ2v) is 4.16. The summed E-state index contributed by atoms with van der Waals surface area (Å²) in [5.74, 6) is 0.263. The molecule has 5 heteroatoms. The third kappa shape index (κ3) is 2.28. The summed E-state index contributed by atoms with van der Waals surface area (Å²) in [5.41, 5.74) is 6.44. The Labute approximate surface area is 110 Å². The fraction of sp³-hybridized carbons (Fsp3) is 0.0769. The van der Waals surface area contributed by atoms with Gasteiger partial charge in [0.1, 0.15) is 5.82 Å². The van der Waals surface area contributed by atoms with Gasteiger partial charge in [-0.1, -0.05) is 23.7 Å². The summed E-state index contributed by atoms with van der Waals surface area (Å²) in [4.78, 5) is 17.8. The highest BCUT2D eigenvalue weighted by Gasteiger charge is 2.19. The Morgan fingerprint density at radius 2 is 2.06 bits per heavy atom. The van der Waals surface area contributed by atoms with Gasteiger partial charge in [0.05, 0.1) is 10.6 Å². The topological polar surface area (TPSA) is 59.2 Å². The van der Waals surface area contributed by atoms with Crippen molar-refractivity contribution in [2.24, 2.45) is 0 Å². The van der Waals surface area contributed by atoms with Crippen molar-refractivity contribution < 1.29 is 4.79 Å². The van der Waals surface area contributed by atoms with E-state index >= 15 is 0 Å². The first-order valence-corrected chi connectivity index (χ1v) is 5.72. The van der Waals surface area contributed by atoms with Gasteiger partial charge in [0.15, 0.2) is 0 Å². The average molecular weight is 262 g/mol. The second kappa shape index (κ2) is 5.06. The van der Waals surface area contributed by atoms with Crippen molar-refractivity contribution >= 4 is 29.0 Å². The minimum Gasteiger partial charge on any atom is -0.398 e. The summed E-state index contributed by atoms with van der Waals surface area (Å²) in [7, 11) is 1.63. The minimum atomic E-state index is -0.281. The molecule has 0 radical (unpaired) electrons. The quantitative estimate of drug-likeness (QED) is 0.846. The number of carbonyl (C=O) groups excluding carboxylic acids is 1. The zero-order valence-electron chi connectivity index (χ0n) is 9.80. The largest absolute Gasteiger partial charge is 0.398 e. The lowest BCUT2D eigenvalue weighted by molar-refractivity contribution is 0.0993. The van der Waals surface area contributed by atoms with E-state index in [1.165, 1.54) is 4.90 Å². The van der Waals surface area contributed by atoms with Crippen LogP contribution in [0.15, 0.2) is 42.6 Å². The van der Waals surface area contributed by atoms with Crippen LogP contribution in [0.25, 0.3) is 0 Å². The zero-order chi connectivity index (χ0) is 13.1. The molecule has 0 unspecified atom stereocenters. The molecule has 0 fully saturated rings. The van der Waals surface area contributed by atoms with Crippen LogP contribution in [-0.2, 0) is 0 Å². The summed E-state index contributed by atoms with van der Waals surface area (Å²) >= 11 is 6.01. The Hall–Kier alpha value is -2.07. The Morgan fingerprint density at radius 1 is 1.28 bits per heavy atom. The molecule has 0 aliphatic carbocycles. The molecule has 1 amide bonds. The maximum Gasteiger partial charge on any atom is 0.262 e. The molecule has 0 saturated heterocycles. The van der Waals surface area contributed by atoms with Crippen LogP contribution in [0, 0.1) is 0 Å². The van der Waals surface area contributed by atoms with Crippen LogP contribution < -0.4 is 10.6 Å². The van der Waals surface area contributed by atoms with Crippen molar-refractivity contribution in [3.8, 4) is 0 Å². The van der Waals surface area contributed by atoms with E-state index < -0.39 is 0 Å². The first-order chi connectivity index (χ1) is 8.61. The number of hydrogen-bond acceptors (Lipinski definition) is 3. The van der Waals surface area contributed by atoms with Crippen LogP contribution in [-0.4, -0.2) is 17.9 Å². The van der Waals surface area contributed by atoms with Crippen molar-refractivity contribution in [1.82, 2.24) is 4.98 Å². The third-order valence-corrected chi connectivity index (χ3v) is 2.87. The summed E-state index contributed by atoms with van der Waals surface area (Å²) in [6, 6.07) is 10.3. The van der Waals surface area contributed by atoms with E-state index in [9.17, 15) is 4.79 Å². The molecule has 0 saturated carbocycles. The number of nitrogen functional groups attached to an aromatic ring is 1. The van der Waals surface area contributed by atoms with Crippen LogP contribution in [0.4, 0.5) is 11.5 Å². The Bertz CT molecular complexity index is 551. The molecule has 0 aliphatic rings. The molecule has 0 bridgehead atoms. The van der Waals surface area contributed by atoms with Crippen molar-refractivity contribution in [3.63, 3.8) is 0 Å². The van der Waals surface area contributed by atoms with Crippen molar-refractivity contribution in [3.05, 3.63) is 53.2 Å². The highest BCUT2D eigenvalue weighted by atomic mass is 35.5. The molecule has 2 N–H and O–H groups in total. The molecule has 4 nitrogen and oxygen atoms in total. The van der Waals surface area contributed by atoms with Gasteiger partial charge in [-0.2, -0.15) is 0 Å². The van der Waals surface area contributed by atoms with Crippen molar-refractivity contribution in [2.75, 3.05) is 17.7 Å². The highest BCUT2D eigenvalue weighted by molar-refractivity contribution is 6.35. The zero-order valence-corrected chi connectivity index (χ0v) is 10.6. The Balaban J connectivity index is 2.38. The number of halogens is 1. The number of carbonyl (C=O) groups is 1. The molecular formula is C13H12ClN3O. The Kier molecular flexibility index (Phi) is 3.48. The van der Waals surface area contributed by atoms with Gasteiger partial charge >= 0.3 is 0 Å². The van der Waals surface area contributed by atoms with Gasteiger partial charge in [-0.15, -0.1) is 0 Å². The van der Waals surface area contributed by atoms with Gasteiger partial charge in [-0.05, 0) is 24.3 Å². The number of anilines is 2. The van der Waals surface area contributed by atoms with Gasteiger partial charge in [0.2, 0.25) is 0 Å². The van der Waals surface area contributed by atoms with E-state index in [1.54, 1.807) is 43.6 Å². The van der Waals surface area contributed by atoms with E-state index in [0.717, 1.165) is 0 Å². The summed E-state index contributed by atoms with van der Waals surface area (Å²) in [6.07, 6.45) is 1.62. The number of nitrogens with two attached hydrogens (primary N) is 1. The number of aromatic nitrogens is 1. The van der Waals surface area contributed by atoms with Gasteiger partial charge in [-0.3, -0.25) is 9.69 Å². The third-order valence-electron chi connectivity index (χ3n) is 2.56. The second-order valence-electron chi connectivity index (χ2n) is 3.76. The average Bonchev–Trinajstić information content (AvgIpc) is 2.38. The SMILES string of the molecule is CN(C(=O)c1c(N)cccc1Cl)c1ccccn1.